The van der Waals surface area contributed by atoms with Crippen LogP contribution in [0.2, 0.25) is 0 Å². The summed E-state index contributed by atoms with van der Waals surface area (Å²) in [5, 5.41) is 22.7. The largest absolute Gasteiger partial charge is 0.510 e. The molecule has 0 unspecified atom stereocenters. The van der Waals surface area contributed by atoms with Crippen molar-refractivity contribution < 1.29 is 70.8 Å². The quantitative estimate of drug-likeness (QED) is 0.159. The summed E-state index contributed by atoms with van der Waals surface area (Å²) >= 11 is 0. The van der Waals surface area contributed by atoms with Crippen LogP contribution in [0.15, 0.2) is 6.33 Å². The van der Waals surface area contributed by atoms with Crippen molar-refractivity contribution in [3.05, 3.63) is 6.33 Å². The van der Waals surface area contributed by atoms with E-state index in [9.17, 15) is 24.4 Å². The first kappa shape index (κ1) is 33.5. The van der Waals surface area contributed by atoms with Crippen molar-refractivity contribution in [3.63, 3.8) is 0 Å². The van der Waals surface area contributed by atoms with Crippen molar-refractivity contribution in [2.45, 2.75) is 83.1 Å². The number of anilines is 1. The third kappa shape index (κ3) is 6.10. The molecule has 44 heavy (non-hydrogen) atoms. The predicted molar refractivity (Wildman–Crippen MR) is 140 cm³/mol. The molecule has 1 saturated carbocycles. The predicted octanol–water partition coefficient (Wildman–Crippen LogP) is 2.06. The lowest BCUT2D eigenvalue weighted by atomic mass is 9.95. The number of hydrogen-bond donors (Lipinski definition) is 3. The molecule has 1 aliphatic carbocycles. The lowest BCUT2D eigenvalue weighted by Crippen LogP contribution is -2.48. The van der Waals surface area contributed by atoms with Crippen LogP contribution in [0.4, 0.5) is 19.9 Å². The third-order valence-electron chi connectivity index (χ3n) is 6.30. The maximum absolute atomic E-state index is 16.2. The molecular formula is C23H33FN5O14P. The normalized spacial score (nSPS) is 27.8. The Morgan fingerprint density at radius 3 is 2.16 bits per heavy atom. The average molecular weight is 654 g/mol. The molecule has 19 nitrogen and oxygen atoms in total. The van der Waals surface area contributed by atoms with Gasteiger partial charge in [-0.25, -0.2) is 32.6 Å². The number of imidazole rings is 1. The number of nitrogens with zero attached hydrogens (tertiary/aromatic N) is 4. The van der Waals surface area contributed by atoms with E-state index < -0.39 is 75.3 Å². The number of phosphoric ester groups is 1. The number of nitrogens with two attached hydrogens (primary N) is 1. The molecule has 1 saturated heterocycles. The molecule has 2 aliphatic rings. The standard InChI is InChI=1S/C23H33FN5O14P/c1-7-35-15-13-14(27-18(25)28-15)29(8-26-13)17-21(6,32)22(33)16(23(22,24)42-17)43-44(34,38-9-36-19(30)40-11(2)3)39-10-37-20(31)41-12(4)5/h8,11-12,16-17,32-33H,7,9-10H2,1-6H3,(H2,25,27,28)/t16-,17+,21-,22-,23+/m0/s1. The Labute approximate surface area is 249 Å². The van der Waals surface area contributed by atoms with E-state index >= 15 is 4.39 Å². The molecule has 4 rings (SSSR count). The number of ether oxygens (including phenoxy) is 6. The molecule has 2 aromatic rings. The van der Waals surface area contributed by atoms with Gasteiger partial charge in [-0.15, -0.1) is 0 Å². The van der Waals surface area contributed by atoms with Crippen molar-refractivity contribution in [3.8, 4) is 5.88 Å². The highest BCUT2D eigenvalue weighted by molar-refractivity contribution is 7.48. The number of phosphoric acid groups is 1. The monoisotopic (exact) mass is 653 g/mol. The highest BCUT2D eigenvalue weighted by Crippen LogP contribution is 2.72. The summed E-state index contributed by atoms with van der Waals surface area (Å²) < 4.78 is 75.2. The van der Waals surface area contributed by atoms with Gasteiger partial charge in [-0.05, 0) is 41.5 Å². The maximum atomic E-state index is 16.2. The molecule has 21 heteroatoms. The number of fused-ring (bicyclic) bond motifs is 2. The van der Waals surface area contributed by atoms with Gasteiger partial charge in [0, 0.05) is 0 Å². The molecule has 2 fully saturated rings. The van der Waals surface area contributed by atoms with Gasteiger partial charge >= 0.3 is 20.1 Å². The molecule has 2 aromatic heterocycles. The highest BCUT2D eigenvalue weighted by Gasteiger charge is 2.95. The number of nitrogen functional groups attached to an aromatic ring is 1. The van der Waals surface area contributed by atoms with Gasteiger partial charge in [0.1, 0.15) is 5.60 Å². The molecule has 0 spiro atoms. The van der Waals surface area contributed by atoms with Gasteiger partial charge in [-0.2, -0.15) is 9.97 Å². The van der Waals surface area contributed by atoms with Crippen LogP contribution in [0.5, 0.6) is 5.88 Å². The molecule has 0 aromatic carbocycles. The lowest BCUT2D eigenvalue weighted by molar-refractivity contribution is -0.181. The van der Waals surface area contributed by atoms with Gasteiger partial charge in [0.25, 0.3) is 5.85 Å². The van der Waals surface area contributed by atoms with E-state index in [1.165, 1.54) is 27.7 Å². The molecule has 0 radical (unpaired) electrons. The van der Waals surface area contributed by atoms with Gasteiger partial charge in [-0.3, -0.25) is 9.09 Å². The number of alkyl halides is 1. The Bertz CT molecular complexity index is 1410. The summed E-state index contributed by atoms with van der Waals surface area (Å²) in [6, 6.07) is 0. The van der Waals surface area contributed by atoms with Crippen LogP contribution < -0.4 is 10.5 Å². The summed E-state index contributed by atoms with van der Waals surface area (Å²) in [6.45, 7) is 6.85. The number of aliphatic hydroxyl groups is 2. The van der Waals surface area contributed by atoms with Crippen LogP contribution in [0, 0.1) is 0 Å². The number of halogens is 1. The summed E-state index contributed by atoms with van der Waals surface area (Å²) in [6.07, 6.45) is -6.32. The van der Waals surface area contributed by atoms with Gasteiger partial charge in [0.2, 0.25) is 25.4 Å². The maximum Gasteiger partial charge on any atom is 0.510 e. The van der Waals surface area contributed by atoms with Crippen LogP contribution in [0.25, 0.3) is 11.2 Å². The first-order chi connectivity index (χ1) is 20.5. The van der Waals surface area contributed by atoms with Crippen molar-refractivity contribution in [1.29, 1.82) is 0 Å². The van der Waals surface area contributed by atoms with Gasteiger partial charge < -0.3 is 44.4 Å². The fraction of sp³-hybridized carbons (Fsp3) is 0.696. The summed E-state index contributed by atoms with van der Waals surface area (Å²) in [5.74, 6) is -3.42. The average Bonchev–Trinajstić information content (AvgIpc) is 3.14. The van der Waals surface area contributed by atoms with Crippen LogP contribution in [-0.2, 0) is 41.8 Å². The van der Waals surface area contributed by atoms with Crippen LogP contribution >= 0.6 is 7.82 Å². The van der Waals surface area contributed by atoms with E-state index in [4.69, 9.17) is 38.3 Å². The van der Waals surface area contributed by atoms with Crippen molar-refractivity contribution in [2.75, 3.05) is 25.9 Å². The molecule has 0 amide bonds. The zero-order valence-electron chi connectivity index (χ0n) is 24.5. The smallest absolute Gasteiger partial charge is 0.476 e. The molecule has 1 aliphatic heterocycles. The minimum Gasteiger partial charge on any atom is -0.476 e. The Kier molecular flexibility index (Phi) is 9.28. The lowest BCUT2D eigenvalue weighted by Gasteiger charge is -2.32. The first-order valence-corrected chi connectivity index (χ1v) is 14.6. The van der Waals surface area contributed by atoms with Gasteiger partial charge in [-0.1, -0.05) is 0 Å². The minimum absolute atomic E-state index is 0.0145. The van der Waals surface area contributed by atoms with E-state index in [-0.39, 0.29) is 29.6 Å². The Morgan fingerprint density at radius 1 is 1.11 bits per heavy atom. The van der Waals surface area contributed by atoms with Crippen LogP contribution in [0.3, 0.4) is 0 Å². The van der Waals surface area contributed by atoms with Crippen LogP contribution in [-0.4, -0.2) is 97.6 Å². The number of aromatic nitrogens is 4. The zero-order valence-corrected chi connectivity index (χ0v) is 25.4. The minimum atomic E-state index is -5.06. The highest BCUT2D eigenvalue weighted by atomic mass is 31.2. The first-order valence-electron chi connectivity index (χ1n) is 13.2. The zero-order chi connectivity index (χ0) is 32.7. The molecule has 0 bridgehead atoms. The van der Waals surface area contributed by atoms with Crippen molar-refractivity contribution in [1.82, 2.24) is 19.5 Å². The number of carbonyl (C=O) groups is 2. The van der Waals surface area contributed by atoms with E-state index in [2.05, 4.69) is 24.4 Å². The number of hydrogen-bond acceptors (Lipinski definition) is 18. The number of rotatable bonds is 13. The van der Waals surface area contributed by atoms with Crippen molar-refractivity contribution in [2.24, 2.45) is 0 Å². The second-order valence-corrected chi connectivity index (χ2v) is 11.8. The topological polar surface area (TPSA) is 244 Å². The molecule has 3 heterocycles. The van der Waals surface area contributed by atoms with Gasteiger partial charge in [0.05, 0.1) is 25.1 Å². The van der Waals surface area contributed by atoms with E-state index in [0.717, 1.165) is 17.8 Å². The fourth-order valence-corrected chi connectivity index (χ4v) is 5.45. The number of carbonyl (C=O) groups excluding carboxylic acids is 2. The molecule has 4 N–H and O–H groups in total. The molecular weight excluding hydrogens is 620 g/mol. The summed E-state index contributed by atoms with van der Waals surface area (Å²) in [4.78, 5) is 35.5. The second kappa shape index (κ2) is 12.2. The Morgan fingerprint density at radius 2 is 1.68 bits per heavy atom. The van der Waals surface area contributed by atoms with E-state index in [1.54, 1.807) is 6.92 Å². The van der Waals surface area contributed by atoms with E-state index in [1.807, 2.05) is 0 Å². The third-order valence-corrected chi connectivity index (χ3v) is 7.61. The van der Waals surface area contributed by atoms with Gasteiger partial charge in [0.15, 0.2) is 29.1 Å². The fourth-order valence-electron chi connectivity index (χ4n) is 4.34. The SMILES string of the molecule is CCOc1nc(N)nc2c1ncn2[C@@H]1O[C@]2(F)[C@@H](OP(=O)(OCOC(=O)OC(C)C)OCOC(=O)OC(C)C)[C@]2(O)[C@@]1(C)O. The van der Waals surface area contributed by atoms with Crippen LogP contribution in [0.1, 0.15) is 47.8 Å². The Hall–Kier alpha value is -3.39. The Balaban J connectivity index is 1.54. The summed E-state index contributed by atoms with van der Waals surface area (Å²) in [5.41, 5.74) is 0.435. The molecule has 5 atom stereocenters. The summed E-state index contributed by atoms with van der Waals surface area (Å²) in [7, 11) is -5.06. The van der Waals surface area contributed by atoms with Crippen molar-refractivity contribution >= 4 is 37.2 Å². The van der Waals surface area contributed by atoms with E-state index in [0.29, 0.717) is 0 Å². The molecule has 246 valence electrons. The second-order valence-electron chi connectivity index (χ2n) is 10.2.